The molecule has 0 fully saturated rings. The smallest absolute Gasteiger partial charge is 0.145 e. The van der Waals surface area contributed by atoms with Gasteiger partial charge in [-0.05, 0) is 23.6 Å². The van der Waals surface area contributed by atoms with Crippen molar-refractivity contribution >= 4 is 28.9 Å². The fourth-order valence-electron chi connectivity index (χ4n) is 3.50. The van der Waals surface area contributed by atoms with E-state index in [-0.39, 0.29) is 6.10 Å². The van der Waals surface area contributed by atoms with Crippen LogP contribution in [0.1, 0.15) is 31.4 Å². The second kappa shape index (κ2) is 11.8. The highest BCUT2D eigenvalue weighted by Gasteiger charge is 2.26. The molecule has 0 saturated carbocycles. The van der Waals surface area contributed by atoms with E-state index in [0.29, 0.717) is 55.2 Å². The Balaban J connectivity index is 1.59. The minimum Gasteiger partial charge on any atom is -0.390 e. The number of hydrogen-bond acceptors (Lipinski definition) is 5. The van der Waals surface area contributed by atoms with Crippen LogP contribution in [0, 0.1) is 5.92 Å². The lowest BCUT2D eigenvalue weighted by atomic mass is 10.0. The predicted molar refractivity (Wildman–Crippen MR) is 126 cm³/mol. The van der Waals surface area contributed by atoms with Crippen molar-refractivity contribution in [3.63, 3.8) is 0 Å². The molecule has 1 aliphatic heterocycles. The van der Waals surface area contributed by atoms with Crippen LogP contribution >= 0.6 is 23.2 Å². The Kier molecular flexibility index (Phi) is 9.17. The van der Waals surface area contributed by atoms with Crippen molar-refractivity contribution in [3.8, 4) is 0 Å². The number of hydrogen-bond donors (Lipinski definition) is 1. The molecule has 1 aliphatic rings. The van der Waals surface area contributed by atoms with Crippen molar-refractivity contribution in [1.82, 2.24) is 4.90 Å². The minimum absolute atomic E-state index is 0.100. The van der Waals surface area contributed by atoms with Gasteiger partial charge >= 0.3 is 0 Å². The number of nitrogens with zero attached hydrogens (tertiary/aromatic N) is 2. The van der Waals surface area contributed by atoms with Gasteiger partial charge in [-0.2, -0.15) is 0 Å². The van der Waals surface area contributed by atoms with E-state index in [9.17, 15) is 5.11 Å². The van der Waals surface area contributed by atoms with Crippen LogP contribution < -0.4 is 0 Å². The number of rotatable bonds is 11. The average molecular weight is 465 g/mol. The largest absolute Gasteiger partial charge is 0.390 e. The number of benzene rings is 2. The molecule has 3 rings (SSSR count). The Morgan fingerprint density at radius 3 is 2.61 bits per heavy atom. The van der Waals surface area contributed by atoms with Crippen molar-refractivity contribution in [1.29, 1.82) is 0 Å². The van der Waals surface area contributed by atoms with Crippen LogP contribution in [0.5, 0.6) is 0 Å². The Hall–Kier alpha value is -1.63. The average Bonchev–Trinajstić information content (AvgIpc) is 3.19. The van der Waals surface area contributed by atoms with Gasteiger partial charge in [0.15, 0.2) is 0 Å². The van der Waals surface area contributed by atoms with Crippen LogP contribution in [0.4, 0.5) is 0 Å². The Morgan fingerprint density at radius 1 is 1.13 bits per heavy atom. The van der Waals surface area contributed by atoms with Gasteiger partial charge in [0.05, 0.1) is 28.5 Å². The van der Waals surface area contributed by atoms with E-state index in [1.165, 1.54) is 5.56 Å². The Morgan fingerprint density at radius 2 is 1.90 bits per heavy atom. The molecule has 0 bridgehead atoms. The molecule has 0 unspecified atom stereocenters. The summed E-state index contributed by atoms with van der Waals surface area (Å²) in [6.45, 7) is 7.00. The second-order valence-corrected chi connectivity index (χ2v) is 9.18. The van der Waals surface area contributed by atoms with Crippen molar-refractivity contribution in [2.24, 2.45) is 11.1 Å². The van der Waals surface area contributed by atoms with Gasteiger partial charge in [-0.3, -0.25) is 4.90 Å². The number of aliphatic hydroxyl groups is 1. The summed E-state index contributed by atoms with van der Waals surface area (Å²) < 4.78 is 5.62. The maximum absolute atomic E-state index is 10.5. The van der Waals surface area contributed by atoms with E-state index in [1.54, 1.807) is 6.07 Å². The van der Waals surface area contributed by atoms with E-state index >= 15 is 0 Å². The fourth-order valence-corrected chi connectivity index (χ4v) is 3.79. The lowest BCUT2D eigenvalue weighted by Gasteiger charge is -2.27. The molecule has 1 heterocycles. The third-order valence-electron chi connectivity index (χ3n) is 4.93. The van der Waals surface area contributed by atoms with Crippen molar-refractivity contribution in [2.45, 2.75) is 39.0 Å². The monoisotopic (exact) mass is 464 g/mol. The minimum atomic E-state index is -0.570. The maximum Gasteiger partial charge on any atom is 0.145 e. The molecule has 0 spiro atoms. The normalized spacial score (nSPS) is 17.1. The van der Waals surface area contributed by atoms with E-state index in [0.717, 1.165) is 11.3 Å². The summed E-state index contributed by atoms with van der Waals surface area (Å²) in [4.78, 5) is 7.90. The summed E-state index contributed by atoms with van der Waals surface area (Å²) >= 11 is 12.2. The summed E-state index contributed by atoms with van der Waals surface area (Å²) in [5.74, 6) is 0.441. The highest BCUT2D eigenvalue weighted by molar-refractivity contribution is 6.42. The van der Waals surface area contributed by atoms with Crippen molar-refractivity contribution in [2.75, 3.05) is 26.3 Å². The van der Waals surface area contributed by atoms with Crippen LogP contribution in [0.25, 0.3) is 0 Å². The quantitative estimate of drug-likeness (QED) is 0.506. The Bertz CT molecular complexity index is 861. The van der Waals surface area contributed by atoms with Gasteiger partial charge in [0, 0.05) is 38.2 Å². The van der Waals surface area contributed by atoms with Gasteiger partial charge in [-0.1, -0.05) is 78.6 Å². The van der Waals surface area contributed by atoms with Crippen molar-refractivity contribution in [3.05, 3.63) is 69.7 Å². The van der Waals surface area contributed by atoms with E-state index < -0.39 is 6.10 Å². The van der Waals surface area contributed by atoms with Gasteiger partial charge in [0.25, 0.3) is 0 Å². The van der Waals surface area contributed by atoms with Gasteiger partial charge in [0.1, 0.15) is 6.10 Å². The SMILES string of the molecule is CC(C)COC[C@@H](O)CN(Cc1ccccc1)C[C@@H]1CC(c2ccc(Cl)c(Cl)c2)=NO1. The molecule has 0 aliphatic carbocycles. The predicted octanol–water partition coefficient (Wildman–Crippen LogP) is 5.02. The molecule has 0 aromatic heterocycles. The molecule has 168 valence electrons. The summed E-state index contributed by atoms with van der Waals surface area (Å²) in [5.41, 5.74) is 2.94. The second-order valence-electron chi connectivity index (χ2n) is 8.36. The fraction of sp³-hybridized carbons (Fsp3) is 0.458. The first-order chi connectivity index (χ1) is 14.9. The maximum atomic E-state index is 10.5. The first-order valence-electron chi connectivity index (χ1n) is 10.6. The molecule has 2 aromatic carbocycles. The van der Waals surface area contributed by atoms with Crippen LogP contribution in [0.3, 0.4) is 0 Å². The molecule has 1 N–H and O–H groups in total. The lowest BCUT2D eigenvalue weighted by molar-refractivity contribution is -0.00734. The topological polar surface area (TPSA) is 54.3 Å². The van der Waals surface area contributed by atoms with Gasteiger partial charge in [-0.15, -0.1) is 0 Å². The summed E-state index contributed by atoms with van der Waals surface area (Å²) in [5, 5.41) is 15.8. The molecule has 2 aromatic rings. The molecular formula is C24H30Cl2N2O3. The zero-order valence-corrected chi connectivity index (χ0v) is 19.5. The summed E-state index contributed by atoms with van der Waals surface area (Å²) in [6, 6.07) is 15.7. The van der Waals surface area contributed by atoms with E-state index in [1.807, 2.05) is 30.3 Å². The number of ether oxygens (including phenoxy) is 1. The first kappa shape index (κ1) is 24.0. The van der Waals surface area contributed by atoms with E-state index in [4.69, 9.17) is 32.8 Å². The third kappa shape index (κ3) is 7.78. The number of oxime groups is 1. The van der Waals surface area contributed by atoms with Crippen LogP contribution in [0.2, 0.25) is 10.0 Å². The zero-order chi connectivity index (χ0) is 22.2. The highest BCUT2D eigenvalue weighted by atomic mass is 35.5. The van der Waals surface area contributed by atoms with Crippen molar-refractivity contribution < 1.29 is 14.7 Å². The standard InChI is InChI=1S/C24H30Cl2N2O3/c1-17(2)15-30-16-20(29)13-28(12-18-6-4-3-5-7-18)14-21-11-24(27-31-21)19-8-9-22(25)23(26)10-19/h3-10,17,20-21,29H,11-16H2,1-2H3/t20-,21-/m0/s1. The lowest BCUT2D eigenvalue weighted by Crippen LogP contribution is -2.39. The Labute approximate surface area is 194 Å². The number of aliphatic hydroxyl groups excluding tert-OH is 1. The van der Waals surface area contributed by atoms with Crippen LogP contribution in [-0.2, 0) is 16.1 Å². The van der Waals surface area contributed by atoms with Gasteiger partial charge in [0.2, 0.25) is 0 Å². The molecule has 2 atom stereocenters. The zero-order valence-electron chi connectivity index (χ0n) is 18.0. The highest BCUT2D eigenvalue weighted by Crippen LogP contribution is 2.26. The number of halogens is 2. The molecular weight excluding hydrogens is 435 g/mol. The first-order valence-corrected chi connectivity index (χ1v) is 11.4. The molecule has 7 heteroatoms. The summed E-state index contributed by atoms with van der Waals surface area (Å²) in [7, 11) is 0. The molecule has 31 heavy (non-hydrogen) atoms. The molecule has 0 radical (unpaired) electrons. The third-order valence-corrected chi connectivity index (χ3v) is 5.67. The molecule has 0 amide bonds. The molecule has 5 nitrogen and oxygen atoms in total. The van der Waals surface area contributed by atoms with Gasteiger partial charge < -0.3 is 14.7 Å². The van der Waals surface area contributed by atoms with Crippen LogP contribution in [0.15, 0.2) is 53.7 Å². The van der Waals surface area contributed by atoms with Crippen LogP contribution in [-0.4, -0.2) is 54.2 Å². The molecule has 0 saturated heterocycles. The summed E-state index contributed by atoms with van der Waals surface area (Å²) in [6.07, 6.45) is -0.000280. The van der Waals surface area contributed by atoms with Gasteiger partial charge in [-0.25, -0.2) is 0 Å². The van der Waals surface area contributed by atoms with E-state index in [2.05, 4.69) is 36.0 Å².